The summed E-state index contributed by atoms with van der Waals surface area (Å²) in [5.41, 5.74) is 0. The van der Waals surface area contributed by atoms with Crippen molar-refractivity contribution in [2.75, 3.05) is 13.2 Å². The third kappa shape index (κ3) is 14.0. The molecule has 3 heteroatoms. The molecule has 0 saturated carbocycles. The van der Waals surface area contributed by atoms with Crippen LogP contribution in [-0.4, -0.2) is 23.0 Å². The SMILES string of the molecule is CC(C)(Cl)C=CCOCC=CC(C)(C)Cl. The van der Waals surface area contributed by atoms with E-state index in [1.54, 1.807) is 0 Å². The van der Waals surface area contributed by atoms with E-state index >= 15 is 0 Å². The molecule has 0 spiro atoms. The molecule has 15 heavy (non-hydrogen) atoms. The Labute approximate surface area is 103 Å². The highest BCUT2D eigenvalue weighted by Gasteiger charge is 2.06. The summed E-state index contributed by atoms with van der Waals surface area (Å²) in [6, 6.07) is 0. The normalized spacial score (nSPS) is 14.3. The van der Waals surface area contributed by atoms with Crippen LogP contribution in [-0.2, 0) is 4.74 Å². The smallest absolute Gasteiger partial charge is 0.0652 e. The van der Waals surface area contributed by atoms with E-state index in [2.05, 4.69) is 0 Å². The van der Waals surface area contributed by atoms with Crippen LogP contribution in [0.4, 0.5) is 0 Å². The number of hydrogen-bond donors (Lipinski definition) is 0. The third-order valence-electron chi connectivity index (χ3n) is 1.46. The summed E-state index contributed by atoms with van der Waals surface area (Å²) >= 11 is 11.9. The predicted molar refractivity (Wildman–Crippen MR) is 69.0 cm³/mol. The zero-order valence-corrected chi connectivity index (χ0v) is 11.4. The first-order valence-electron chi connectivity index (χ1n) is 5.02. The van der Waals surface area contributed by atoms with Gasteiger partial charge in [0, 0.05) is 0 Å². The summed E-state index contributed by atoms with van der Waals surface area (Å²) in [6.45, 7) is 8.87. The van der Waals surface area contributed by atoms with Gasteiger partial charge in [0.2, 0.25) is 0 Å². The Balaban J connectivity index is 3.57. The van der Waals surface area contributed by atoms with Gasteiger partial charge in [-0.1, -0.05) is 24.3 Å². The molecule has 0 aromatic carbocycles. The van der Waals surface area contributed by atoms with Crippen LogP contribution in [0.2, 0.25) is 0 Å². The lowest BCUT2D eigenvalue weighted by Crippen LogP contribution is -2.06. The Morgan fingerprint density at radius 1 is 0.867 bits per heavy atom. The zero-order chi connectivity index (χ0) is 11.9. The molecular weight excluding hydrogens is 231 g/mol. The second kappa shape index (κ2) is 6.57. The molecule has 0 aromatic heterocycles. The number of rotatable bonds is 6. The maximum absolute atomic E-state index is 5.96. The molecular formula is C12H20Cl2O. The van der Waals surface area contributed by atoms with E-state index in [0.717, 1.165) is 0 Å². The fourth-order valence-corrected chi connectivity index (χ4v) is 1.04. The van der Waals surface area contributed by atoms with Crippen LogP contribution >= 0.6 is 23.2 Å². The topological polar surface area (TPSA) is 9.23 Å². The number of allylic oxidation sites excluding steroid dienone is 2. The third-order valence-corrected chi connectivity index (χ3v) is 1.71. The standard InChI is InChI=1S/C12H20Cl2O/c1-11(2,13)7-5-9-15-10-6-8-12(3,4)14/h5-8H,9-10H2,1-4H3. The fraction of sp³-hybridized carbons (Fsp3) is 0.667. The van der Waals surface area contributed by atoms with Crippen molar-refractivity contribution in [2.24, 2.45) is 0 Å². The second-order valence-corrected chi connectivity index (χ2v) is 6.42. The molecule has 0 unspecified atom stereocenters. The van der Waals surface area contributed by atoms with Crippen molar-refractivity contribution in [1.82, 2.24) is 0 Å². The van der Waals surface area contributed by atoms with Gasteiger partial charge >= 0.3 is 0 Å². The Morgan fingerprint density at radius 2 is 1.20 bits per heavy atom. The largest absolute Gasteiger partial charge is 0.373 e. The Morgan fingerprint density at radius 3 is 1.47 bits per heavy atom. The summed E-state index contributed by atoms with van der Waals surface area (Å²) in [5.74, 6) is 0. The van der Waals surface area contributed by atoms with Gasteiger partial charge in [0.25, 0.3) is 0 Å². The Kier molecular flexibility index (Phi) is 6.58. The molecule has 88 valence electrons. The minimum atomic E-state index is -0.294. The van der Waals surface area contributed by atoms with Crippen LogP contribution in [0.1, 0.15) is 27.7 Å². The summed E-state index contributed by atoms with van der Waals surface area (Å²) in [4.78, 5) is -0.589. The molecule has 0 aliphatic rings. The van der Waals surface area contributed by atoms with Crippen molar-refractivity contribution in [3.05, 3.63) is 24.3 Å². The lowest BCUT2D eigenvalue weighted by Gasteiger charge is -2.08. The average Bonchev–Trinajstić information content (AvgIpc) is 1.98. The van der Waals surface area contributed by atoms with Crippen molar-refractivity contribution in [3.8, 4) is 0 Å². The van der Waals surface area contributed by atoms with Gasteiger partial charge in [-0.25, -0.2) is 0 Å². The highest BCUT2D eigenvalue weighted by molar-refractivity contribution is 6.24. The van der Waals surface area contributed by atoms with Gasteiger partial charge in [0.1, 0.15) is 0 Å². The van der Waals surface area contributed by atoms with Gasteiger partial charge in [-0.3, -0.25) is 0 Å². The number of hydrogen-bond acceptors (Lipinski definition) is 1. The van der Waals surface area contributed by atoms with Gasteiger partial charge in [-0.2, -0.15) is 0 Å². The van der Waals surface area contributed by atoms with Crippen LogP contribution in [0.5, 0.6) is 0 Å². The summed E-state index contributed by atoms with van der Waals surface area (Å²) in [5, 5.41) is 0. The minimum absolute atomic E-state index is 0.294. The van der Waals surface area contributed by atoms with Crippen LogP contribution < -0.4 is 0 Å². The Bertz CT molecular complexity index is 195. The Hall–Kier alpha value is 0.0200. The molecule has 0 amide bonds. The lowest BCUT2D eigenvalue weighted by atomic mass is 10.2. The van der Waals surface area contributed by atoms with Crippen molar-refractivity contribution in [1.29, 1.82) is 0 Å². The summed E-state index contributed by atoms with van der Waals surface area (Å²) in [6.07, 6.45) is 7.69. The molecule has 0 saturated heterocycles. The van der Waals surface area contributed by atoms with E-state index < -0.39 is 0 Å². The molecule has 0 atom stereocenters. The molecule has 0 rings (SSSR count). The van der Waals surface area contributed by atoms with Crippen molar-refractivity contribution < 1.29 is 4.74 Å². The second-order valence-electron chi connectivity index (χ2n) is 4.47. The van der Waals surface area contributed by atoms with Crippen molar-refractivity contribution in [3.63, 3.8) is 0 Å². The highest BCUT2D eigenvalue weighted by Crippen LogP contribution is 2.14. The van der Waals surface area contributed by atoms with Crippen molar-refractivity contribution >= 4 is 23.2 Å². The van der Waals surface area contributed by atoms with E-state index in [4.69, 9.17) is 27.9 Å². The van der Waals surface area contributed by atoms with E-state index in [-0.39, 0.29) is 9.75 Å². The zero-order valence-electron chi connectivity index (χ0n) is 9.89. The van der Waals surface area contributed by atoms with Gasteiger partial charge < -0.3 is 4.74 Å². The predicted octanol–water partition coefficient (Wildman–Crippen LogP) is 4.15. The molecule has 0 aliphatic carbocycles. The first-order chi connectivity index (χ1) is 6.71. The summed E-state index contributed by atoms with van der Waals surface area (Å²) in [7, 11) is 0. The first-order valence-corrected chi connectivity index (χ1v) is 5.77. The van der Waals surface area contributed by atoms with E-state index in [9.17, 15) is 0 Å². The first kappa shape index (κ1) is 15.0. The molecule has 0 bridgehead atoms. The van der Waals surface area contributed by atoms with Gasteiger partial charge in [0.05, 0.1) is 23.0 Å². The minimum Gasteiger partial charge on any atom is -0.373 e. The average molecular weight is 251 g/mol. The van der Waals surface area contributed by atoms with Crippen LogP contribution in [0.15, 0.2) is 24.3 Å². The highest BCUT2D eigenvalue weighted by atomic mass is 35.5. The van der Waals surface area contributed by atoms with Crippen LogP contribution in [0.25, 0.3) is 0 Å². The van der Waals surface area contributed by atoms with E-state index in [1.807, 2.05) is 52.0 Å². The molecule has 0 aromatic rings. The quantitative estimate of drug-likeness (QED) is 0.391. The molecule has 0 N–H and O–H groups in total. The summed E-state index contributed by atoms with van der Waals surface area (Å²) < 4.78 is 5.33. The monoisotopic (exact) mass is 250 g/mol. The molecule has 0 aliphatic heterocycles. The molecule has 0 heterocycles. The van der Waals surface area contributed by atoms with Gasteiger partial charge in [-0.05, 0) is 27.7 Å². The number of alkyl halides is 2. The maximum atomic E-state index is 5.96. The van der Waals surface area contributed by atoms with E-state index in [0.29, 0.717) is 13.2 Å². The van der Waals surface area contributed by atoms with Crippen molar-refractivity contribution in [2.45, 2.75) is 37.4 Å². The molecule has 0 radical (unpaired) electrons. The number of halogens is 2. The molecule has 1 nitrogen and oxygen atoms in total. The lowest BCUT2D eigenvalue weighted by molar-refractivity contribution is 0.193. The fourth-order valence-electron chi connectivity index (χ4n) is 0.861. The van der Waals surface area contributed by atoms with E-state index in [1.165, 1.54) is 0 Å². The van der Waals surface area contributed by atoms with Gasteiger partial charge in [-0.15, -0.1) is 23.2 Å². The van der Waals surface area contributed by atoms with Gasteiger partial charge in [0.15, 0.2) is 0 Å². The van der Waals surface area contributed by atoms with Crippen LogP contribution in [0.3, 0.4) is 0 Å². The maximum Gasteiger partial charge on any atom is 0.0652 e. The number of ether oxygens (including phenoxy) is 1. The van der Waals surface area contributed by atoms with Crippen LogP contribution in [0, 0.1) is 0 Å². The molecule has 0 fully saturated rings.